The van der Waals surface area contributed by atoms with E-state index in [4.69, 9.17) is 9.47 Å². The number of rotatable bonds is 7. The molecule has 1 aliphatic rings. The molecular formula is C25H20INO4S. The Bertz CT molecular complexity index is 1250. The van der Waals surface area contributed by atoms with E-state index in [9.17, 15) is 9.59 Å². The van der Waals surface area contributed by atoms with Crippen LogP contribution < -0.4 is 9.47 Å². The minimum atomic E-state index is -0.297. The highest BCUT2D eigenvalue weighted by Gasteiger charge is 2.35. The molecule has 2 amide bonds. The Kier molecular flexibility index (Phi) is 6.86. The van der Waals surface area contributed by atoms with Crippen molar-refractivity contribution in [1.29, 1.82) is 0 Å². The van der Waals surface area contributed by atoms with Crippen molar-refractivity contribution in [1.82, 2.24) is 4.90 Å². The molecule has 1 heterocycles. The van der Waals surface area contributed by atoms with E-state index in [0.717, 1.165) is 37.2 Å². The predicted octanol–water partition coefficient (Wildman–Crippen LogP) is 6.25. The normalized spacial score (nSPS) is 14.9. The first kappa shape index (κ1) is 22.4. The van der Waals surface area contributed by atoms with Crippen molar-refractivity contribution in [3.63, 3.8) is 0 Å². The lowest BCUT2D eigenvalue weighted by molar-refractivity contribution is -0.123. The highest BCUT2D eigenvalue weighted by molar-refractivity contribution is 14.1. The maximum atomic E-state index is 13.0. The Labute approximate surface area is 204 Å². The summed E-state index contributed by atoms with van der Waals surface area (Å²) >= 11 is 3.11. The summed E-state index contributed by atoms with van der Waals surface area (Å²) < 4.78 is 12.0. The Morgan fingerprint density at radius 3 is 2.62 bits per heavy atom. The average Bonchev–Trinajstić information content (AvgIpc) is 3.05. The number of benzene rings is 3. The number of fused-ring (bicyclic) bond motifs is 1. The molecule has 0 unspecified atom stereocenters. The molecule has 7 heteroatoms. The van der Waals surface area contributed by atoms with Crippen LogP contribution in [-0.4, -0.2) is 29.8 Å². The van der Waals surface area contributed by atoms with Gasteiger partial charge in [-0.1, -0.05) is 49.1 Å². The van der Waals surface area contributed by atoms with E-state index in [-0.39, 0.29) is 17.7 Å². The van der Waals surface area contributed by atoms with Crippen LogP contribution in [0.2, 0.25) is 0 Å². The van der Waals surface area contributed by atoms with Gasteiger partial charge in [0.05, 0.1) is 22.1 Å². The van der Waals surface area contributed by atoms with Crippen molar-refractivity contribution in [3.8, 4) is 11.5 Å². The quantitative estimate of drug-likeness (QED) is 0.195. The summed E-state index contributed by atoms with van der Waals surface area (Å²) in [6, 6.07) is 17.6. The number of hydrogen-bond acceptors (Lipinski definition) is 5. The number of hydrogen-bond donors (Lipinski definition) is 0. The molecule has 4 rings (SSSR count). The summed E-state index contributed by atoms with van der Waals surface area (Å²) in [6.07, 6.45) is 3.38. The van der Waals surface area contributed by atoms with Crippen molar-refractivity contribution >= 4 is 62.3 Å². The molecule has 0 bridgehead atoms. The number of halogens is 1. The zero-order chi connectivity index (χ0) is 22.7. The number of nitrogens with zero attached hydrogens (tertiary/aromatic N) is 1. The van der Waals surface area contributed by atoms with E-state index in [0.29, 0.717) is 23.0 Å². The van der Waals surface area contributed by atoms with Gasteiger partial charge in [0.15, 0.2) is 11.5 Å². The minimum Gasteiger partial charge on any atom is -0.493 e. The lowest BCUT2D eigenvalue weighted by Crippen LogP contribution is -2.27. The van der Waals surface area contributed by atoms with Crippen LogP contribution in [0.25, 0.3) is 16.8 Å². The topological polar surface area (TPSA) is 55.8 Å². The zero-order valence-corrected chi connectivity index (χ0v) is 20.3. The third-order valence-corrected chi connectivity index (χ3v) is 6.63. The molecule has 0 radical (unpaired) electrons. The van der Waals surface area contributed by atoms with E-state index in [1.54, 1.807) is 25.3 Å². The predicted molar refractivity (Wildman–Crippen MR) is 137 cm³/mol. The molecule has 3 aromatic rings. The second-order valence-electron chi connectivity index (χ2n) is 7.08. The third kappa shape index (κ3) is 4.68. The summed E-state index contributed by atoms with van der Waals surface area (Å²) in [5.41, 5.74) is 1.67. The number of carbonyl (C=O) groups excluding carboxylic acids is 2. The summed E-state index contributed by atoms with van der Waals surface area (Å²) in [6.45, 7) is 4.26. The lowest BCUT2D eigenvalue weighted by Gasteiger charge is -2.13. The standard InChI is InChI=1S/C25H20INO4S/c1-3-10-31-23-20(26)12-17(13-21(23)30-2)14-22-24(28)27(25(29)32-22)15-16-8-9-18-6-4-5-7-19(18)11-16/h3-9,11-14H,1,10,15H2,2H3/b22-14-. The molecule has 1 aliphatic heterocycles. The molecule has 3 aromatic carbocycles. The number of ether oxygens (including phenoxy) is 2. The molecule has 32 heavy (non-hydrogen) atoms. The third-order valence-electron chi connectivity index (χ3n) is 4.92. The van der Waals surface area contributed by atoms with Gasteiger partial charge in [0, 0.05) is 0 Å². The second-order valence-corrected chi connectivity index (χ2v) is 9.24. The number of carbonyl (C=O) groups is 2. The number of imide groups is 1. The fourth-order valence-corrected chi connectivity index (χ4v) is 5.03. The van der Waals surface area contributed by atoms with Crippen LogP contribution in [0.3, 0.4) is 0 Å². The van der Waals surface area contributed by atoms with Gasteiger partial charge in [-0.2, -0.15) is 0 Å². The van der Waals surface area contributed by atoms with Crippen molar-refractivity contribution in [3.05, 3.63) is 86.9 Å². The van der Waals surface area contributed by atoms with E-state index < -0.39 is 0 Å². The van der Waals surface area contributed by atoms with Crippen molar-refractivity contribution < 1.29 is 19.1 Å². The van der Waals surface area contributed by atoms with Gasteiger partial charge in [0.25, 0.3) is 11.1 Å². The Balaban J connectivity index is 1.57. The van der Waals surface area contributed by atoms with Crippen LogP contribution in [0, 0.1) is 3.57 Å². The molecule has 0 atom stereocenters. The molecule has 1 saturated heterocycles. The Morgan fingerprint density at radius 2 is 1.88 bits per heavy atom. The van der Waals surface area contributed by atoms with Crippen LogP contribution >= 0.6 is 34.4 Å². The summed E-state index contributed by atoms with van der Waals surface area (Å²) in [5.74, 6) is 0.879. The first-order valence-corrected chi connectivity index (χ1v) is 11.7. The molecule has 5 nitrogen and oxygen atoms in total. The van der Waals surface area contributed by atoms with Gasteiger partial charge in [-0.05, 0) is 80.5 Å². The van der Waals surface area contributed by atoms with Gasteiger partial charge >= 0.3 is 0 Å². The Hall–Kier alpha value is -2.78. The monoisotopic (exact) mass is 557 g/mol. The van der Waals surface area contributed by atoms with Gasteiger partial charge in [-0.25, -0.2) is 0 Å². The summed E-state index contributed by atoms with van der Waals surface area (Å²) in [5, 5.41) is 1.92. The molecule has 0 saturated carbocycles. The molecular weight excluding hydrogens is 537 g/mol. The number of thioether (sulfide) groups is 1. The molecule has 0 N–H and O–H groups in total. The van der Waals surface area contributed by atoms with E-state index in [1.807, 2.05) is 48.5 Å². The first-order valence-electron chi connectivity index (χ1n) is 9.84. The first-order chi connectivity index (χ1) is 15.5. The van der Waals surface area contributed by atoms with Gasteiger partial charge in [0.1, 0.15) is 6.61 Å². The van der Waals surface area contributed by atoms with Crippen molar-refractivity contribution in [2.24, 2.45) is 0 Å². The minimum absolute atomic E-state index is 0.238. The van der Waals surface area contributed by atoms with Crippen LogP contribution in [0.15, 0.2) is 72.2 Å². The fraction of sp³-hybridized carbons (Fsp3) is 0.120. The second kappa shape index (κ2) is 9.79. The zero-order valence-electron chi connectivity index (χ0n) is 17.3. The smallest absolute Gasteiger partial charge is 0.293 e. The maximum absolute atomic E-state index is 13.0. The number of methoxy groups -OCH3 is 1. The molecule has 0 aliphatic carbocycles. The molecule has 0 aromatic heterocycles. The highest BCUT2D eigenvalue weighted by atomic mass is 127. The number of amides is 2. The van der Waals surface area contributed by atoms with Crippen molar-refractivity contribution in [2.45, 2.75) is 6.54 Å². The summed E-state index contributed by atoms with van der Waals surface area (Å²) in [7, 11) is 1.56. The largest absolute Gasteiger partial charge is 0.493 e. The SMILES string of the molecule is C=CCOc1c(I)cc(/C=C2\SC(=O)N(Cc3ccc4ccccc4c3)C2=O)cc1OC. The highest BCUT2D eigenvalue weighted by Crippen LogP contribution is 2.37. The van der Waals surface area contributed by atoms with Crippen LogP contribution in [0.5, 0.6) is 11.5 Å². The van der Waals surface area contributed by atoms with Gasteiger partial charge < -0.3 is 9.47 Å². The van der Waals surface area contributed by atoms with Crippen LogP contribution in [0.4, 0.5) is 4.79 Å². The fourth-order valence-electron chi connectivity index (χ4n) is 3.41. The van der Waals surface area contributed by atoms with Gasteiger partial charge in [-0.15, -0.1) is 0 Å². The summed E-state index contributed by atoms with van der Waals surface area (Å²) in [4.78, 5) is 27.2. The van der Waals surface area contributed by atoms with Gasteiger partial charge in [-0.3, -0.25) is 14.5 Å². The lowest BCUT2D eigenvalue weighted by atomic mass is 10.1. The van der Waals surface area contributed by atoms with Crippen LogP contribution in [0.1, 0.15) is 11.1 Å². The van der Waals surface area contributed by atoms with Crippen molar-refractivity contribution in [2.75, 3.05) is 13.7 Å². The maximum Gasteiger partial charge on any atom is 0.293 e. The van der Waals surface area contributed by atoms with E-state index >= 15 is 0 Å². The molecule has 1 fully saturated rings. The van der Waals surface area contributed by atoms with Gasteiger partial charge in [0.2, 0.25) is 0 Å². The Morgan fingerprint density at radius 1 is 1.09 bits per heavy atom. The molecule has 0 spiro atoms. The molecule has 162 valence electrons. The van der Waals surface area contributed by atoms with Crippen LogP contribution in [-0.2, 0) is 11.3 Å². The van der Waals surface area contributed by atoms with E-state index in [2.05, 4.69) is 29.2 Å². The average molecular weight is 557 g/mol. The van der Waals surface area contributed by atoms with E-state index in [1.165, 1.54) is 4.90 Å².